The Labute approximate surface area is 203 Å². The van der Waals surface area contributed by atoms with Crippen molar-refractivity contribution in [2.75, 3.05) is 33.2 Å². The number of fused-ring (bicyclic) bond motifs is 1. The third-order valence-corrected chi connectivity index (χ3v) is 6.80. The first-order valence-corrected chi connectivity index (χ1v) is 11.7. The number of rotatable bonds is 3. The van der Waals surface area contributed by atoms with Gasteiger partial charge in [-0.05, 0) is 31.5 Å². The maximum atomic E-state index is 13.8. The molecule has 35 heavy (non-hydrogen) atoms. The molecule has 1 aromatic carbocycles. The van der Waals surface area contributed by atoms with Crippen molar-refractivity contribution in [3.8, 4) is 0 Å². The quantitative estimate of drug-likeness (QED) is 0.640. The van der Waals surface area contributed by atoms with Gasteiger partial charge in [0, 0.05) is 18.8 Å². The standard InChI is InChI=1S/C26H28N5O4/c1-17-6-8-19(9-7-17)16-31-25(33)21-22(18(2)15-27-23(21)28(3)26(31)34)29-10-12-30(13-11-29)24(32)20-5-4-14-35-20/h4-9,14-15,21H,10-13,16H2,1-3H3/q+1. The summed E-state index contributed by atoms with van der Waals surface area (Å²) in [5.74, 6) is -0.316. The van der Waals surface area contributed by atoms with Crippen LogP contribution in [-0.2, 0) is 11.3 Å². The monoisotopic (exact) mass is 474 g/mol. The molecule has 0 spiro atoms. The lowest BCUT2D eigenvalue weighted by Gasteiger charge is -2.38. The van der Waals surface area contributed by atoms with Crippen LogP contribution in [-0.4, -0.2) is 81.9 Å². The summed E-state index contributed by atoms with van der Waals surface area (Å²) in [4.78, 5) is 48.6. The van der Waals surface area contributed by atoms with E-state index >= 15 is 0 Å². The zero-order valence-corrected chi connectivity index (χ0v) is 20.1. The number of aryl methyl sites for hydroxylation is 1. The zero-order valence-electron chi connectivity index (χ0n) is 20.1. The van der Waals surface area contributed by atoms with Crippen molar-refractivity contribution in [3.63, 3.8) is 0 Å². The Kier molecular flexibility index (Phi) is 5.84. The highest BCUT2D eigenvalue weighted by atomic mass is 16.3. The van der Waals surface area contributed by atoms with Gasteiger partial charge in [-0.25, -0.2) is 14.4 Å². The highest BCUT2D eigenvalue weighted by Gasteiger charge is 2.50. The smallest absolute Gasteiger partial charge is 0.332 e. The highest BCUT2D eigenvalue weighted by Crippen LogP contribution is 2.27. The van der Waals surface area contributed by atoms with Crippen LogP contribution in [0.1, 0.15) is 28.6 Å². The first kappa shape index (κ1) is 22.8. The largest absolute Gasteiger partial charge is 0.459 e. The molecule has 0 aliphatic carbocycles. The number of urea groups is 1. The average molecular weight is 475 g/mol. The molecule has 4 heterocycles. The summed E-state index contributed by atoms with van der Waals surface area (Å²) < 4.78 is 7.40. The number of nitrogens with zero attached hydrogens (tertiary/aromatic N) is 5. The molecule has 2 aromatic rings. The lowest BCUT2D eigenvalue weighted by molar-refractivity contribution is -0.539. The van der Waals surface area contributed by atoms with Crippen LogP contribution in [0, 0.1) is 12.8 Å². The summed E-state index contributed by atoms with van der Waals surface area (Å²) in [7, 11) is 1.66. The minimum absolute atomic E-state index is 0.138. The number of benzene rings is 1. The van der Waals surface area contributed by atoms with Crippen LogP contribution in [0.3, 0.4) is 0 Å². The number of carbonyl (C=O) groups excluding carboxylic acids is 3. The van der Waals surface area contributed by atoms with Gasteiger partial charge in [0.2, 0.25) is 5.71 Å². The van der Waals surface area contributed by atoms with E-state index in [1.165, 1.54) is 16.1 Å². The average Bonchev–Trinajstić information content (AvgIpc) is 3.41. The van der Waals surface area contributed by atoms with Gasteiger partial charge in [0.1, 0.15) is 5.84 Å². The molecule has 5 rings (SSSR count). The molecule has 3 aliphatic heterocycles. The van der Waals surface area contributed by atoms with Gasteiger partial charge in [0.25, 0.3) is 11.8 Å². The number of aliphatic imine (C=N–C) groups is 1. The first-order valence-electron chi connectivity index (χ1n) is 11.7. The maximum absolute atomic E-state index is 13.8. The lowest BCUT2D eigenvalue weighted by Crippen LogP contribution is -2.62. The molecule has 0 N–H and O–H groups in total. The van der Waals surface area contributed by atoms with E-state index < -0.39 is 5.92 Å². The summed E-state index contributed by atoms with van der Waals surface area (Å²) in [5.41, 5.74) is 3.74. The van der Waals surface area contributed by atoms with Crippen LogP contribution in [0.5, 0.6) is 0 Å². The maximum Gasteiger partial charge on any atom is 0.332 e. The Hall–Kier alpha value is -4.01. The van der Waals surface area contributed by atoms with Gasteiger partial charge in [-0.15, -0.1) is 0 Å². The van der Waals surface area contributed by atoms with Crippen LogP contribution in [0.4, 0.5) is 4.79 Å². The summed E-state index contributed by atoms with van der Waals surface area (Å²) in [6.07, 6.45) is 3.21. The van der Waals surface area contributed by atoms with E-state index in [0.717, 1.165) is 22.4 Å². The van der Waals surface area contributed by atoms with Gasteiger partial charge >= 0.3 is 6.03 Å². The minimum atomic E-state index is -0.666. The van der Waals surface area contributed by atoms with Gasteiger partial charge in [-0.1, -0.05) is 29.8 Å². The van der Waals surface area contributed by atoms with Crippen molar-refractivity contribution in [2.45, 2.75) is 20.4 Å². The Morgan fingerprint density at radius 2 is 1.83 bits per heavy atom. The van der Waals surface area contributed by atoms with Gasteiger partial charge in [-0.2, -0.15) is 0 Å². The number of allylic oxidation sites excluding steroid dienone is 1. The molecular weight excluding hydrogens is 446 g/mol. The van der Waals surface area contributed by atoms with Gasteiger partial charge < -0.3 is 9.32 Å². The number of hydrogen-bond donors (Lipinski definition) is 0. The van der Waals surface area contributed by atoms with Crippen LogP contribution < -0.4 is 0 Å². The Balaban J connectivity index is 1.42. The Morgan fingerprint density at radius 3 is 2.49 bits per heavy atom. The fraction of sp³-hybridized carbons (Fsp3) is 0.346. The zero-order chi connectivity index (χ0) is 24.7. The lowest BCUT2D eigenvalue weighted by atomic mass is 9.89. The van der Waals surface area contributed by atoms with E-state index in [1.807, 2.05) is 38.1 Å². The van der Waals surface area contributed by atoms with Gasteiger partial charge in [0.15, 0.2) is 24.8 Å². The summed E-state index contributed by atoms with van der Waals surface area (Å²) in [5, 5.41) is 0. The van der Waals surface area contributed by atoms with E-state index in [0.29, 0.717) is 37.8 Å². The predicted octanol–water partition coefficient (Wildman–Crippen LogP) is 2.52. The van der Waals surface area contributed by atoms with Crippen molar-refractivity contribution in [1.82, 2.24) is 14.7 Å². The molecule has 1 atom stereocenters. The molecule has 0 radical (unpaired) electrons. The summed E-state index contributed by atoms with van der Waals surface area (Å²) in [6.45, 7) is 6.28. The van der Waals surface area contributed by atoms with E-state index in [1.54, 1.807) is 30.3 Å². The fourth-order valence-corrected chi connectivity index (χ4v) is 4.85. The molecular formula is C26H28N5O4+. The molecule has 1 unspecified atom stereocenters. The van der Waals surface area contributed by atoms with E-state index in [4.69, 9.17) is 4.42 Å². The number of imide groups is 1. The van der Waals surface area contributed by atoms with E-state index in [2.05, 4.69) is 9.57 Å². The third-order valence-electron chi connectivity index (χ3n) is 6.80. The fourth-order valence-electron chi connectivity index (χ4n) is 4.85. The van der Waals surface area contributed by atoms with Crippen LogP contribution in [0.25, 0.3) is 0 Å². The van der Waals surface area contributed by atoms with Crippen LogP contribution in [0.15, 0.2) is 63.8 Å². The van der Waals surface area contributed by atoms with E-state index in [9.17, 15) is 14.4 Å². The number of furan rings is 1. The number of amides is 4. The number of hydrogen-bond acceptors (Lipinski definition) is 5. The summed E-state index contributed by atoms with van der Waals surface area (Å²) >= 11 is 0. The van der Waals surface area contributed by atoms with Crippen molar-refractivity contribution in [2.24, 2.45) is 10.9 Å². The molecule has 9 nitrogen and oxygen atoms in total. The molecule has 0 saturated carbocycles. The van der Waals surface area contributed by atoms with Crippen LogP contribution >= 0.6 is 0 Å². The second kappa shape index (κ2) is 8.98. The summed E-state index contributed by atoms with van der Waals surface area (Å²) in [6, 6.07) is 10.8. The van der Waals surface area contributed by atoms with Crippen molar-refractivity contribution >= 4 is 29.4 Å². The molecule has 4 amide bonds. The molecule has 0 bridgehead atoms. The molecule has 2 fully saturated rings. The number of piperazine rings is 1. The van der Waals surface area contributed by atoms with Crippen LogP contribution in [0.2, 0.25) is 0 Å². The molecule has 180 valence electrons. The second-order valence-electron chi connectivity index (χ2n) is 9.13. The second-order valence-corrected chi connectivity index (χ2v) is 9.13. The normalized spacial score (nSPS) is 20.7. The molecule has 2 saturated heterocycles. The van der Waals surface area contributed by atoms with Crippen molar-refractivity contribution in [1.29, 1.82) is 0 Å². The van der Waals surface area contributed by atoms with Crippen molar-refractivity contribution < 1.29 is 23.4 Å². The van der Waals surface area contributed by atoms with Gasteiger partial charge in [-0.3, -0.25) is 19.4 Å². The number of amidine groups is 1. The first-order chi connectivity index (χ1) is 16.8. The minimum Gasteiger partial charge on any atom is -0.459 e. The van der Waals surface area contributed by atoms with Gasteiger partial charge in [0.05, 0.1) is 25.9 Å². The topological polar surface area (TPSA) is 89.4 Å². The number of carbonyl (C=O) groups is 3. The molecule has 1 aromatic heterocycles. The molecule has 9 heteroatoms. The highest BCUT2D eigenvalue weighted by molar-refractivity contribution is 6.32. The van der Waals surface area contributed by atoms with E-state index in [-0.39, 0.29) is 24.4 Å². The third kappa shape index (κ3) is 4.07. The Morgan fingerprint density at radius 1 is 1.11 bits per heavy atom. The molecule has 3 aliphatic rings. The van der Waals surface area contributed by atoms with Crippen molar-refractivity contribution in [3.05, 3.63) is 71.3 Å². The Bertz CT molecular complexity index is 1260. The SMILES string of the molecule is CC1=CN=C2C(C(=O)N(Cc3ccc(C)cc3)C(=O)N2C)C1=[N+]1CCN(C(=O)c2ccco2)CC1. The predicted molar refractivity (Wildman–Crippen MR) is 129 cm³/mol.